The number of benzene rings is 2. The molecule has 0 bridgehead atoms. The Bertz CT molecular complexity index is 868. The number of hydrogen-bond donors (Lipinski definition) is 1. The molecule has 1 heterocycles. The van der Waals surface area contributed by atoms with Crippen LogP contribution in [0.1, 0.15) is 5.82 Å². The lowest BCUT2D eigenvalue weighted by Gasteiger charge is -2.11. The Morgan fingerprint density at radius 2 is 1.76 bits per heavy atom. The number of nitrogens with one attached hydrogen (secondary N) is 1. The highest BCUT2D eigenvalue weighted by Gasteiger charge is 2.11. The van der Waals surface area contributed by atoms with E-state index in [2.05, 4.69) is 15.3 Å². The normalized spacial score (nSPS) is 11.0. The summed E-state index contributed by atoms with van der Waals surface area (Å²) >= 11 is 1.44. The van der Waals surface area contributed by atoms with Gasteiger partial charge in [0, 0.05) is 11.1 Å². The van der Waals surface area contributed by atoms with Crippen molar-refractivity contribution in [3.05, 3.63) is 60.4 Å². The summed E-state index contributed by atoms with van der Waals surface area (Å²) in [5.74, 6) is 1.01. The monoisotopic (exact) mass is 352 g/mol. The highest BCUT2D eigenvalue weighted by Crippen LogP contribution is 2.25. The number of thioether (sulfide) groups is 1. The van der Waals surface area contributed by atoms with E-state index in [1.165, 1.54) is 11.8 Å². The van der Waals surface area contributed by atoms with Gasteiger partial charge in [0.2, 0.25) is 5.91 Å². The summed E-state index contributed by atoms with van der Waals surface area (Å²) < 4.78 is 0. The molecule has 1 aromatic heterocycles. The van der Waals surface area contributed by atoms with E-state index in [0.717, 1.165) is 27.4 Å². The van der Waals surface area contributed by atoms with Crippen LogP contribution in [0.15, 0.2) is 59.6 Å². The lowest BCUT2D eigenvalue weighted by Crippen LogP contribution is -2.15. The van der Waals surface area contributed by atoms with Gasteiger partial charge in [0.25, 0.3) is 0 Å². The van der Waals surface area contributed by atoms with Gasteiger partial charge in [0.1, 0.15) is 10.9 Å². The van der Waals surface area contributed by atoms with Crippen LogP contribution >= 0.6 is 11.8 Å². The standard InChI is InChI=1S/C19H20N4OS/c1-23(2)12-17-21-16-11-7-6-10-15(16)19(22-17)25-13-18(24)20-14-8-4-3-5-9-14/h3-11H,12-13H2,1-2H3,(H,20,24). The molecule has 0 saturated heterocycles. The summed E-state index contributed by atoms with van der Waals surface area (Å²) in [5, 5.41) is 4.71. The fraction of sp³-hybridized carbons (Fsp3) is 0.211. The van der Waals surface area contributed by atoms with Crippen molar-refractivity contribution in [2.75, 3.05) is 25.2 Å². The lowest BCUT2D eigenvalue weighted by molar-refractivity contribution is -0.113. The van der Waals surface area contributed by atoms with Crippen molar-refractivity contribution in [2.24, 2.45) is 0 Å². The van der Waals surface area contributed by atoms with Gasteiger partial charge >= 0.3 is 0 Å². The fourth-order valence-corrected chi connectivity index (χ4v) is 3.25. The van der Waals surface area contributed by atoms with Crippen LogP contribution in [-0.4, -0.2) is 40.6 Å². The lowest BCUT2D eigenvalue weighted by atomic mass is 10.2. The molecule has 2 aromatic carbocycles. The molecule has 0 unspecified atom stereocenters. The second-order valence-corrected chi connectivity index (χ2v) is 6.87. The molecule has 5 nitrogen and oxygen atoms in total. The Morgan fingerprint density at radius 3 is 2.52 bits per heavy atom. The number of rotatable bonds is 6. The summed E-state index contributed by atoms with van der Waals surface area (Å²) in [5.41, 5.74) is 1.70. The number of para-hydroxylation sites is 2. The van der Waals surface area contributed by atoms with Gasteiger partial charge < -0.3 is 10.2 Å². The predicted octanol–water partition coefficient (Wildman–Crippen LogP) is 3.42. The first-order chi connectivity index (χ1) is 12.1. The Hall–Kier alpha value is -2.44. The quantitative estimate of drug-likeness (QED) is 0.544. The van der Waals surface area contributed by atoms with E-state index < -0.39 is 0 Å². The zero-order valence-corrected chi connectivity index (χ0v) is 15.1. The van der Waals surface area contributed by atoms with Crippen molar-refractivity contribution in [2.45, 2.75) is 11.6 Å². The number of fused-ring (bicyclic) bond motifs is 1. The smallest absolute Gasteiger partial charge is 0.234 e. The van der Waals surface area contributed by atoms with Crippen LogP contribution in [0.25, 0.3) is 10.9 Å². The van der Waals surface area contributed by atoms with E-state index in [-0.39, 0.29) is 5.91 Å². The van der Waals surface area contributed by atoms with Crippen molar-refractivity contribution >= 4 is 34.3 Å². The first kappa shape index (κ1) is 17.4. The zero-order valence-electron chi connectivity index (χ0n) is 14.3. The molecule has 0 spiro atoms. The maximum absolute atomic E-state index is 12.2. The van der Waals surface area contributed by atoms with E-state index in [1.807, 2.05) is 73.6 Å². The number of aromatic nitrogens is 2. The van der Waals surface area contributed by atoms with E-state index in [1.54, 1.807) is 0 Å². The summed E-state index contributed by atoms with van der Waals surface area (Å²) in [4.78, 5) is 23.5. The molecule has 0 atom stereocenters. The van der Waals surface area contributed by atoms with Crippen LogP contribution < -0.4 is 5.32 Å². The van der Waals surface area contributed by atoms with E-state index >= 15 is 0 Å². The van der Waals surface area contributed by atoms with Gasteiger partial charge in [-0.1, -0.05) is 48.2 Å². The zero-order chi connectivity index (χ0) is 17.6. The van der Waals surface area contributed by atoms with Gasteiger partial charge in [0.05, 0.1) is 17.8 Å². The molecule has 128 valence electrons. The number of amides is 1. The molecule has 0 radical (unpaired) electrons. The van der Waals surface area contributed by atoms with Crippen molar-refractivity contribution in [3.63, 3.8) is 0 Å². The average Bonchev–Trinajstić information content (AvgIpc) is 2.60. The minimum Gasteiger partial charge on any atom is -0.325 e. The molecule has 6 heteroatoms. The summed E-state index contributed by atoms with van der Waals surface area (Å²) in [6.07, 6.45) is 0. The van der Waals surface area contributed by atoms with Crippen LogP contribution in [0.5, 0.6) is 0 Å². The van der Waals surface area contributed by atoms with Gasteiger partial charge in [0.15, 0.2) is 0 Å². The molecule has 1 amide bonds. The summed E-state index contributed by atoms with van der Waals surface area (Å²) in [6, 6.07) is 17.4. The van der Waals surface area contributed by atoms with Crippen LogP contribution in [-0.2, 0) is 11.3 Å². The molecule has 0 aliphatic rings. The topological polar surface area (TPSA) is 58.1 Å². The van der Waals surface area contributed by atoms with E-state index in [9.17, 15) is 4.79 Å². The van der Waals surface area contributed by atoms with Gasteiger partial charge in [-0.2, -0.15) is 0 Å². The molecule has 0 aliphatic carbocycles. The molecule has 25 heavy (non-hydrogen) atoms. The number of hydrogen-bond acceptors (Lipinski definition) is 5. The second kappa shape index (κ2) is 8.09. The van der Waals surface area contributed by atoms with Crippen molar-refractivity contribution in [1.29, 1.82) is 0 Å². The SMILES string of the molecule is CN(C)Cc1nc(SCC(=O)Nc2ccccc2)c2ccccc2n1. The van der Waals surface area contributed by atoms with Gasteiger partial charge in [-0.25, -0.2) is 9.97 Å². The Balaban J connectivity index is 1.76. The first-order valence-electron chi connectivity index (χ1n) is 8.00. The predicted molar refractivity (Wildman–Crippen MR) is 103 cm³/mol. The highest BCUT2D eigenvalue weighted by atomic mass is 32.2. The Labute approximate surface area is 151 Å². The number of nitrogens with zero attached hydrogens (tertiary/aromatic N) is 3. The molecular weight excluding hydrogens is 332 g/mol. The number of anilines is 1. The van der Waals surface area contributed by atoms with Gasteiger partial charge in [-0.3, -0.25) is 4.79 Å². The van der Waals surface area contributed by atoms with Crippen LogP contribution in [0.2, 0.25) is 0 Å². The number of carbonyl (C=O) groups is 1. The molecule has 3 aromatic rings. The molecule has 3 rings (SSSR count). The largest absolute Gasteiger partial charge is 0.325 e. The Morgan fingerprint density at radius 1 is 1.04 bits per heavy atom. The maximum Gasteiger partial charge on any atom is 0.234 e. The molecular formula is C19H20N4OS. The molecule has 1 N–H and O–H groups in total. The Kier molecular flexibility index (Phi) is 5.63. The summed E-state index contributed by atoms with van der Waals surface area (Å²) in [7, 11) is 3.97. The van der Waals surface area contributed by atoms with Crippen molar-refractivity contribution < 1.29 is 4.79 Å². The third kappa shape index (κ3) is 4.78. The van der Waals surface area contributed by atoms with Crippen LogP contribution in [0.3, 0.4) is 0 Å². The van der Waals surface area contributed by atoms with Crippen LogP contribution in [0.4, 0.5) is 5.69 Å². The maximum atomic E-state index is 12.2. The van der Waals surface area contributed by atoms with Crippen molar-refractivity contribution in [1.82, 2.24) is 14.9 Å². The van der Waals surface area contributed by atoms with Gasteiger partial charge in [-0.15, -0.1) is 0 Å². The average molecular weight is 352 g/mol. The van der Waals surface area contributed by atoms with Crippen LogP contribution in [0, 0.1) is 0 Å². The highest BCUT2D eigenvalue weighted by molar-refractivity contribution is 8.00. The molecule has 0 saturated carbocycles. The van der Waals surface area contributed by atoms with E-state index in [0.29, 0.717) is 12.3 Å². The second-order valence-electron chi connectivity index (χ2n) is 5.90. The summed E-state index contributed by atoms with van der Waals surface area (Å²) in [6.45, 7) is 0.661. The minimum absolute atomic E-state index is 0.0481. The minimum atomic E-state index is -0.0481. The third-order valence-corrected chi connectivity index (χ3v) is 4.46. The fourth-order valence-electron chi connectivity index (χ4n) is 2.41. The van der Waals surface area contributed by atoms with Gasteiger partial charge in [-0.05, 0) is 32.3 Å². The molecule has 0 fully saturated rings. The first-order valence-corrected chi connectivity index (χ1v) is 8.98. The van der Waals surface area contributed by atoms with Crippen molar-refractivity contribution in [3.8, 4) is 0 Å². The van der Waals surface area contributed by atoms with E-state index in [4.69, 9.17) is 0 Å². The number of carbonyl (C=O) groups excluding carboxylic acids is 1. The molecule has 0 aliphatic heterocycles. The third-order valence-electron chi connectivity index (χ3n) is 3.47.